The Kier molecular flexibility index (Phi) is 2.52. The number of anilines is 1. The molecule has 0 amide bonds. The highest BCUT2D eigenvalue weighted by Crippen LogP contribution is 2.15. The Balaban J connectivity index is 2.63. The van der Waals surface area contributed by atoms with Crippen LogP contribution in [0.3, 0.4) is 0 Å². The summed E-state index contributed by atoms with van der Waals surface area (Å²) in [5.41, 5.74) is 9.34. The molecule has 0 aliphatic carbocycles. The standard InChI is InChI=1S/C13H14N2O/c1-9-3-6-13(16)15(8-9)11-5-4-10(2)12(14)7-11/h3-8H,14H2,1-2H3. The molecule has 3 nitrogen and oxygen atoms in total. The van der Waals surface area contributed by atoms with Gasteiger partial charge >= 0.3 is 0 Å². The molecule has 1 aromatic carbocycles. The Morgan fingerprint density at radius 3 is 2.56 bits per heavy atom. The van der Waals surface area contributed by atoms with Crippen molar-refractivity contribution in [3.8, 4) is 5.69 Å². The van der Waals surface area contributed by atoms with E-state index < -0.39 is 0 Å². The number of hydrogen-bond acceptors (Lipinski definition) is 2. The maximum absolute atomic E-state index is 11.7. The van der Waals surface area contributed by atoms with Crippen LogP contribution in [0.5, 0.6) is 0 Å². The molecule has 0 saturated heterocycles. The number of aromatic nitrogens is 1. The zero-order chi connectivity index (χ0) is 11.7. The van der Waals surface area contributed by atoms with Gasteiger partial charge in [-0.05, 0) is 37.1 Å². The molecule has 1 heterocycles. The van der Waals surface area contributed by atoms with Gasteiger partial charge in [0.15, 0.2) is 0 Å². The van der Waals surface area contributed by atoms with Crippen molar-refractivity contribution in [2.45, 2.75) is 13.8 Å². The van der Waals surface area contributed by atoms with Crippen molar-refractivity contribution in [2.24, 2.45) is 0 Å². The van der Waals surface area contributed by atoms with Crippen molar-refractivity contribution in [2.75, 3.05) is 5.73 Å². The molecule has 82 valence electrons. The van der Waals surface area contributed by atoms with Crippen molar-refractivity contribution in [3.63, 3.8) is 0 Å². The van der Waals surface area contributed by atoms with Gasteiger partial charge in [-0.1, -0.05) is 12.1 Å². The Morgan fingerprint density at radius 1 is 1.12 bits per heavy atom. The second-order valence-electron chi connectivity index (χ2n) is 3.96. The lowest BCUT2D eigenvalue weighted by Crippen LogP contribution is -2.16. The van der Waals surface area contributed by atoms with Gasteiger partial charge in [-0.2, -0.15) is 0 Å². The molecular formula is C13H14N2O. The van der Waals surface area contributed by atoms with E-state index in [1.54, 1.807) is 16.7 Å². The zero-order valence-electron chi connectivity index (χ0n) is 9.40. The third-order valence-electron chi connectivity index (χ3n) is 2.60. The number of aryl methyl sites for hydroxylation is 2. The maximum Gasteiger partial charge on any atom is 0.255 e. The van der Waals surface area contributed by atoms with Gasteiger partial charge in [0.2, 0.25) is 0 Å². The number of rotatable bonds is 1. The van der Waals surface area contributed by atoms with Crippen molar-refractivity contribution in [1.82, 2.24) is 4.57 Å². The minimum Gasteiger partial charge on any atom is -0.398 e. The molecule has 0 spiro atoms. The minimum atomic E-state index is -0.0474. The van der Waals surface area contributed by atoms with Gasteiger partial charge in [0.25, 0.3) is 5.56 Å². The molecule has 0 saturated carbocycles. The number of hydrogen-bond donors (Lipinski definition) is 1. The van der Waals surface area contributed by atoms with E-state index >= 15 is 0 Å². The normalized spacial score (nSPS) is 10.4. The van der Waals surface area contributed by atoms with Crippen LogP contribution in [0.2, 0.25) is 0 Å². The van der Waals surface area contributed by atoms with Gasteiger partial charge in [-0.25, -0.2) is 0 Å². The lowest BCUT2D eigenvalue weighted by molar-refractivity contribution is 0.976. The molecule has 0 radical (unpaired) electrons. The Bertz CT molecular complexity index is 585. The summed E-state index contributed by atoms with van der Waals surface area (Å²) in [6.45, 7) is 3.89. The van der Waals surface area contributed by atoms with E-state index in [1.165, 1.54) is 0 Å². The summed E-state index contributed by atoms with van der Waals surface area (Å²) in [4.78, 5) is 11.7. The smallest absolute Gasteiger partial charge is 0.255 e. The van der Waals surface area contributed by atoms with Gasteiger partial charge in [0, 0.05) is 18.0 Å². The number of nitrogens with zero attached hydrogens (tertiary/aromatic N) is 1. The van der Waals surface area contributed by atoms with Crippen LogP contribution < -0.4 is 11.3 Å². The fourth-order valence-corrected chi connectivity index (χ4v) is 1.57. The Morgan fingerprint density at radius 2 is 1.88 bits per heavy atom. The third kappa shape index (κ3) is 1.84. The van der Waals surface area contributed by atoms with Gasteiger partial charge in [-0.15, -0.1) is 0 Å². The van der Waals surface area contributed by atoms with Crippen molar-refractivity contribution >= 4 is 5.69 Å². The molecule has 0 bridgehead atoms. The van der Waals surface area contributed by atoms with Crippen LogP contribution >= 0.6 is 0 Å². The molecule has 0 aliphatic rings. The van der Waals surface area contributed by atoms with E-state index in [4.69, 9.17) is 5.73 Å². The average molecular weight is 214 g/mol. The molecule has 0 unspecified atom stereocenters. The second-order valence-corrected chi connectivity index (χ2v) is 3.96. The van der Waals surface area contributed by atoms with Crippen LogP contribution in [0.1, 0.15) is 11.1 Å². The molecule has 16 heavy (non-hydrogen) atoms. The molecule has 2 rings (SSSR count). The van der Waals surface area contributed by atoms with Crippen LogP contribution in [0.4, 0.5) is 5.69 Å². The average Bonchev–Trinajstić information content (AvgIpc) is 2.26. The van der Waals surface area contributed by atoms with E-state index in [1.807, 2.05) is 38.2 Å². The van der Waals surface area contributed by atoms with E-state index in [-0.39, 0.29) is 5.56 Å². The molecule has 3 heteroatoms. The molecule has 2 aromatic rings. The summed E-state index contributed by atoms with van der Waals surface area (Å²) >= 11 is 0. The summed E-state index contributed by atoms with van der Waals surface area (Å²) < 4.78 is 1.60. The van der Waals surface area contributed by atoms with E-state index in [0.29, 0.717) is 5.69 Å². The molecule has 1 aromatic heterocycles. The molecule has 2 N–H and O–H groups in total. The number of nitrogen functional groups attached to an aromatic ring is 1. The summed E-state index contributed by atoms with van der Waals surface area (Å²) in [5, 5.41) is 0. The fourth-order valence-electron chi connectivity index (χ4n) is 1.57. The molecular weight excluding hydrogens is 200 g/mol. The molecule has 0 fully saturated rings. The highest BCUT2D eigenvalue weighted by molar-refractivity contribution is 5.53. The number of benzene rings is 1. The predicted octanol–water partition coefficient (Wildman–Crippen LogP) is 2.04. The minimum absolute atomic E-state index is 0.0474. The van der Waals surface area contributed by atoms with Gasteiger partial charge in [0.1, 0.15) is 0 Å². The van der Waals surface area contributed by atoms with E-state index in [9.17, 15) is 4.79 Å². The summed E-state index contributed by atoms with van der Waals surface area (Å²) in [7, 11) is 0. The van der Waals surface area contributed by atoms with Crippen LogP contribution in [0.15, 0.2) is 41.3 Å². The number of pyridine rings is 1. The third-order valence-corrected chi connectivity index (χ3v) is 2.60. The van der Waals surface area contributed by atoms with E-state index in [0.717, 1.165) is 16.8 Å². The SMILES string of the molecule is Cc1ccc(=O)n(-c2ccc(C)c(N)c2)c1. The largest absolute Gasteiger partial charge is 0.398 e. The summed E-state index contributed by atoms with van der Waals surface area (Å²) in [5.74, 6) is 0. The quantitative estimate of drug-likeness (QED) is 0.738. The monoisotopic (exact) mass is 214 g/mol. The highest BCUT2D eigenvalue weighted by atomic mass is 16.1. The topological polar surface area (TPSA) is 48.0 Å². The highest BCUT2D eigenvalue weighted by Gasteiger charge is 2.01. The Hall–Kier alpha value is -2.03. The van der Waals surface area contributed by atoms with Crippen molar-refractivity contribution in [1.29, 1.82) is 0 Å². The summed E-state index contributed by atoms with van der Waals surface area (Å²) in [6.07, 6.45) is 1.81. The number of nitrogens with two attached hydrogens (primary N) is 1. The fraction of sp³-hybridized carbons (Fsp3) is 0.154. The first-order chi connectivity index (χ1) is 7.58. The van der Waals surface area contributed by atoms with Crippen LogP contribution in [-0.2, 0) is 0 Å². The Labute approximate surface area is 94.1 Å². The predicted molar refractivity (Wildman–Crippen MR) is 65.9 cm³/mol. The van der Waals surface area contributed by atoms with Gasteiger partial charge < -0.3 is 5.73 Å². The van der Waals surface area contributed by atoms with Crippen LogP contribution in [-0.4, -0.2) is 4.57 Å². The lowest BCUT2D eigenvalue weighted by Gasteiger charge is -2.08. The first-order valence-corrected chi connectivity index (χ1v) is 5.14. The summed E-state index contributed by atoms with van der Waals surface area (Å²) in [6, 6.07) is 8.99. The first kappa shape index (κ1) is 10.5. The maximum atomic E-state index is 11.7. The van der Waals surface area contributed by atoms with Crippen LogP contribution in [0, 0.1) is 13.8 Å². The van der Waals surface area contributed by atoms with Gasteiger partial charge in [0.05, 0.1) is 5.69 Å². The van der Waals surface area contributed by atoms with Crippen LogP contribution in [0.25, 0.3) is 5.69 Å². The van der Waals surface area contributed by atoms with Crippen molar-refractivity contribution in [3.05, 3.63) is 58.0 Å². The van der Waals surface area contributed by atoms with Gasteiger partial charge in [-0.3, -0.25) is 9.36 Å². The molecule has 0 atom stereocenters. The second kappa shape index (κ2) is 3.85. The first-order valence-electron chi connectivity index (χ1n) is 5.14. The lowest BCUT2D eigenvalue weighted by atomic mass is 10.2. The zero-order valence-corrected chi connectivity index (χ0v) is 9.40. The van der Waals surface area contributed by atoms with Crippen molar-refractivity contribution < 1.29 is 0 Å². The van der Waals surface area contributed by atoms with E-state index in [2.05, 4.69) is 0 Å². The molecule has 0 aliphatic heterocycles.